The van der Waals surface area contributed by atoms with Crippen molar-refractivity contribution in [1.29, 1.82) is 0 Å². The zero-order valence-corrected chi connectivity index (χ0v) is 19.6. The Morgan fingerprint density at radius 2 is 1.44 bits per heavy atom. The molecule has 0 amide bonds. The molecule has 0 aromatic heterocycles. The molecule has 0 radical (unpaired) electrons. The summed E-state index contributed by atoms with van der Waals surface area (Å²) in [6, 6.07) is 25.2. The summed E-state index contributed by atoms with van der Waals surface area (Å²) >= 11 is 0. The Labute approximate surface area is 199 Å². The van der Waals surface area contributed by atoms with Crippen molar-refractivity contribution in [2.75, 3.05) is 6.54 Å². The molecule has 2 aliphatic rings. The summed E-state index contributed by atoms with van der Waals surface area (Å²) in [5.74, 6) is 0.211. The Morgan fingerprint density at radius 3 is 2.24 bits per heavy atom. The molecule has 3 aromatic rings. The molecular weight excluding hydrogens is 418 g/mol. The van der Waals surface area contributed by atoms with Crippen molar-refractivity contribution < 1.29 is 5.11 Å². The van der Waals surface area contributed by atoms with Gasteiger partial charge in [-0.3, -0.25) is 9.79 Å². The first kappa shape index (κ1) is 22.1. The molecule has 2 aliphatic carbocycles. The van der Waals surface area contributed by atoms with E-state index in [1.54, 1.807) is 0 Å². The van der Waals surface area contributed by atoms with Crippen LogP contribution in [0.3, 0.4) is 0 Å². The molecule has 0 unspecified atom stereocenters. The number of hydrogen-bond acceptors (Lipinski definition) is 3. The van der Waals surface area contributed by atoms with E-state index < -0.39 is 0 Å². The minimum Gasteiger partial charge on any atom is -0.507 e. The number of aliphatic hydroxyl groups is 1. The highest BCUT2D eigenvalue weighted by molar-refractivity contribution is 6.11. The van der Waals surface area contributed by atoms with Crippen molar-refractivity contribution in [2.24, 2.45) is 4.99 Å². The van der Waals surface area contributed by atoms with Crippen LogP contribution in [0.5, 0.6) is 0 Å². The van der Waals surface area contributed by atoms with E-state index in [0.717, 1.165) is 45.7 Å². The van der Waals surface area contributed by atoms with Gasteiger partial charge in [0.25, 0.3) is 0 Å². The zero-order valence-electron chi connectivity index (χ0n) is 19.6. The first-order valence-corrected chi connectivity index (χ1v) is 12.2. The molecule has 1 N–H and O–H groups in total. The fraction of sp³-hybridized carbons (Fsp3) is 0.226. The van der Waals surface area contributed by atoms with E-state index in [2.05, 4.69) is 6.92 Å². The number of aliphatic hydroxyl groups excluding tert-OH is 1. The van der Waals surface area contributed by atoms with Gasteiger partial charge in [0.1, 0.15) is 5.76 Å². The molecule has 0 saturated heterocycles. The molecule has 0 saturated carbocycles. The average molecular weight is 448 g/mol. The second kappa shape index (κ2) is 9.64. The molecule has 0 atom stereocenters. The normalized spacial score (nSPS) is 13.3. The summed E-state index contributed by atoms with van der Waals surface area (Å²) in [6.45, 7) is 2.91. The van der Waals surface area contributed by atoms with Crippen LogP contribution in [0.25, 0.3) is 38.4 Å². The Bertz CT molecular complexity index is 1590. The number of hydrogen-bond donors (Lipinski definition) is 1. The van der Waals surface area contributed by atoms with Crippen molar-refractivity contribution in [2.45, 2.75) is 39.0 Å². The molecule has 0 heterocycles. The number of fused-ring (bicyclic) bond motifs is 2. The predicted octanol–water partition coefficient (Wildman–Crippen LogP) is 6.20. The van der Waals surface area contributed by atoms with Crippen LogP contribution in [0.1, 0.15) is 44.6 Å². The summed E-state index contributed by atoms with van der Waals surface area (Å²) in [4.78, 5) is 18.3. The quantitative estimate of drug-likeness (QED) is 0.183. The van der Waals surface area contributed by atoms with Crippen molar-refractivity contribution >= 4 is 27.3 Å². The summed E-state index contributed by atoms with van der Waals surface area (Å²) < 4.78 is 0. The third kappa shape index (κ3) is 3.92. The van der Waals surface area contributed by atoms with E-state index >= 15 is 0 Å². The molecule has 3 aromatic carbocycles. The highest BCUT2D eigenvalue weighted by Crippen LogP contribution is 2.34. The van der Waals surface area contributed by atoms with Gasteiger partial charge in [-0.1, -0.05) is 105 Å². The monoisotopic (exact) mass is 447 g/mol. The maximum absolute atomic E-state index is 13.3. The third-order valence-corrected chi connectivity index (χ3v) is 6.67. The van der Waals surface area contributed by atoms with Gasteiger partial charge in [-0.25, -0.2) is 0 Å². The Balaban J connectivity index is 1.85. The van der Waals surface area contributed by atoms with Crippen molar-refractivity contribution in [3.05, 3.63) is 105 Å². The molecule has 0 spiro atoms. The Kier molecular flexibility index (Phi) is 6.27. The van der Waals surface area contributed by atoms with E-state index in [-0.39, 0.29) is 11.2 Å². The van der Waals surface area contributed by atoms with Crippen LogP contribution in [0.2, 0.25) is 0 Å². The maximum atomic E-state index is 13.3. The third-order valence-electron chi connectivity index (χ3n) is 6.67. The largest absolute Gasteiger partial charge is 0.507 e. The van der Waals surface area contributed by atoms with Gasteiger partial charge >= 0.3 is 0 Å². The second-order valence-corrected chi connectivity index (χ2v) is 8.93. The van der Waals surface area contributed by atoms with E-state index in [4.69, 9.17) is 4.99 Å². The van der Waals surface area contributed by atoms with Crippen LogP contribution < -0.4 is 16.0 Å². The lowest BCUT2D eigenvalue weighted by Crippen LogP contribution is -2.31. The molecule has 0 bridgehead atoms. The van der Waals surface area contributed by atoms with Crippen molar-refractivity contribution in [1.82, 2.24) is 0 Å². The first-order valence-electron chi connectivity index (χ1n) is 12.2. The summed E-state index contributed by atoms with van der Waals surface area (Å²) in [7, 11) is 0. The summed E-state index contributed by atoms with van der Waals surface area (Å²) in [6.07, 6.45) is 5.84. The van der Waals surface area contributed by atoms with Crippen LogP contribution in [0.4, 0.5) is 0 Å². The van der Waals surface area contributed by atoms with Gasteiger partial charge < -0.3 is 5.11 Å². The van der Waals surface area contributed by atoms with Crippen LogP contribution in [0, 0.1) is 0 Å². The van der Waals surface area contributed by atoms with Crippen molar-refractivity contribution in [3.63, 3.8) is 0 Å². The maximum Gasteiger partial charge on any atom is 0.194 e. The zero-order chi connectivity index (χ0) is 23.5. The number of rotatable bonds is 7. The summed E-state index contributed by atoms with van der Waals surface area (Å²) in [5.41, 5.74) is 2.70. The van der Waals surface area contributed by atoms with Crippen LogP contribution in [-0.4, -0.2) is 11.7 Å². The Hall–Kier alpha value is -3.72. The van der Waals surface area contributed by atoms with Gasteiger partial charge in [0.2, 0.25) is 0 Å². The van der Waals surface area contributed by atoms with Gasteiger partial charge in [0.15, 0.2) is 5.43 Å². The second-order valence-electron chi connectivity index (χ2n) is 8.93. The molecule has 34 heavy (non-hydrogen) atoms. The fourth-order valence-electron chi connectivity index (χ4n) is 4.94. The van der Waals surface area contributed by atoms with E-state index in [9.17, 15) is 9.90 Å². The molecular formula is C31H29NO2. The number of nitrogens with zero attached hydrogens (tertiary/aromatic N) is 1. The fourth-order valence-corrected chi connectivity index (χ4v) is 4.94. The van der Waals surface area contributed by atoms with Crippen LogP contribution >= 0.6 is 0 Å². The van der Waals surface area contributed by atoms with Crippen LogP contribution in [0.15, 0.2) is 88.6 Å². The lowest BCUT2D eigenvalue weighted by atomic mass is 9.87. The van der Waals surface area contributed by atoms with Crippen LogP contribution in [-0.2, 0) is 0 Å². The molecule has 3 nitrogen and oxygen atoms in total. The highest BCUT2D eigenvalue weighted by atomic mass is 16.3. The SMILES string of the molecule is CCCCCCCN=c1c(=C(O)c2ccccc2)cc2c3ccccc3c(=O)c3cccc1c3-2. The molecule has 5 rings (SSSR count). The molecule has 0 aliphatic heterocycles. The van der Waals surface area contributed by atoms with Gasteiger partial charge in [0, 0.05) is 39.0 Å². The molecule has 3 heteroatoms. The predicted molar refractivity (Wildman–Crippen MR) is 142 cm³/mol. The smallest absolute Gasteiger partial charge is 0.194 e. The van der Waals surface area contributed by atoms with E-state index in [1.807, 2.05) is 78.9 Å². The van der Waals surface area contributed by atoms with Gasteiger partial charge in [-0.15, -0.1) is 0 Å². The van der Waals surface area contributed by atoms with E-state index in [0.29, 0.717) is 22.5 Å². The minimum atomic E-state index is 0.0447. The van der Waals surface area contributed by atoms with Gasteiger partial charge in [-0.2, -0.15) is 0 Å². The lowest BCUT2D eigenvalue weighted by Gasteiger charge is -2.16. The number of benzene rings is 5. The summed E-state index contributed by atoms with van der Waals surface area (Å²) in [5, 5.41) is 16.1. The molecule has 0 fully saturated rings. The Morgan fingerprint density at radius 1 is 0.765 bits per heavy atom. The lowest BCUT2D eigenvalue weighted by molar-refractivity contribution is 0.507. The average Bonchev–Trinajstić information content (AvgIpc) is 2.89. The number of unbranched alkanes of at least 4 members (excludes halogenated alkanes) is 4. The minimum absolute atomic E-state index is 0.0447. The topological polar surface area (TPSA) is 49.7 Å². The first-order chi connectivity index (χ1) is 16.7. The molecule has 170 valence electrons. The highest BCUT2D eigenvalue weighted by Gasteiger charge is 2.19. The van der Waals surface area contributed by atoms with Crippen molar-refractivity contribution in [3.8, 4) is 11.1 Å². The van der Waals surface area contributed by atoms with E-state index in [1.165, 1.54) is 19.3 Å². The standard InChI is InChI=1S/C31H29NO2/c1-2-3-4-5-11-19-32-29-24-17-12-18-25-28(24)26(22-15-9-10-16-23(22)31(25)34)20-27(29)30(33)21-13-7-6-8-14-21/h6-10,12-18,20,33H,2-5,11,19H2,1H3. The van der Waals surface area contributed by atoms with Gasteiger partial charge in [-0.05, 0) is 23.4 Å². The van der Waals surface area contributed by atoms with Gasteiger partial charge in [0.05, 0.1) is 5.36 Å².